The largest absolute Gasteiger partial charge is 0.322 e. The molecule has 1 amide bonds. The molecule has 1 heterocycles. The quantitative estimate of drug-likeness (QED) is 0.864. The smallest absolute Gasteiger partial charge is 0.238 e. The van der Waals surface area contributed by atoms with Gasteiger partial charge < -0.3 is 4.90 Å². The zero-order valence-electron chi connectivity index (χ0n) is 12.9. The lowest BCUT2D eigenvalue weighted by Gasteiger charge is -2.25. The maximum Gasteiger partial charge on any atom is 0.238 e. The summed E-state index contributed by atoms with van der Waals surface area (Å²) in [7, 11) is 0. The maximum atomic E-state index is 12.0. The molecular formula is C17H26N2O. The monoisotopic (exact) mass is 274 g/mol. The van der Waals surface area contributed by atoms with Crippen molar-refractivity contribution < 1.29 is 4.79 Å². The van der Waals surface area contributed by atoms with E-state index in [4.69, 9.17) is 0 Å². The number of benzene rings is 1. The molecule has 1 fully saturated rings. The number of aryl methyl sites for hydroxylation is 1. The molecule has 0 aromatic heterocycles. The molecule has 1 aliphatic heterocycles. The predicted molar refractivity (Wildman–Crippen MR) is 82.3 cm³/mol. The number of carbonyl (C=O) groups excluding carboxylic acids is 1. The third kappa shape index (κ3) is 3.60. The molecule has 0 aliphatic carbocycles. The summed E-state index contributed by atoms with van der Waals surface area (Å²) < 4.78 is 0. The number of nitrogens with zero attached hydrogens (tertiary/aromatic N) is 1. The Labute approximate surface area is 122 Å². The summed E-state index contributed by atoms with van der Waals surface area (Å²) in [4.78, 5) is 14.0. The average molecular weight is 274 g/mol. The van der Waals surface area contributed by atoms with Crippen LogP contribution < -0.4 is 5.32 Å². The first-order valence-corrected chi connectivity index (χ1v) is 7.73. The summed E-state index contributed by atoms with van der Waals surface area (Å²) in [5.74, 6) is 0.918. The summed E-state index contributed by atoms with van der Waals surface area (Å²) in [6, 6.07) is 8.60. The summed E-state index contributed by atoms with van der Waals surface area (Å²) in [5, 5.41) is 3.32. The van der Waals surface area contributed by atoms with Gasteiger partial charge in [-0.3, -0.25) is 10.1 Å². The number of hydrogen-bond donors (Lipinski definition) is 1. The molecule has 3 nitrogen and oxygen atoms in total. The van der Waals surface area contributed by atoms with Crippen molar-refractivity contribution in [2.75, 3.05) is 13.1 Å². The van der Waals surface area contributed by atoms with Crippen LogP contribution in [0.15, 0.2) is 24.3 Å². The van der Waals surface area contributed by atoms with Crippen LogP contribution in [-0.2, 0) is 11.2 Å². The third-order valence-electron chi connectivity index (χ3n) is 3.96. The third-order valence-corrected chi connectivity index (χ3v) is 3.96. The van der Waals surface area contributed by atoms with Crippen molar-refractivity contribution in [3.8, 4) is 0 Å². The minimum atomic E-state index is 0.0561. The van der Waals surface area contributed by atoms with E-state index in [-0.39, 0.29) is 12.1 Å². The first-order valence-electron chi connectivity index (χ1n) is 7.73. The van der Waals surface area contributed by atoms with Gasteiger partial charge in [0.25, 0.3) is 0 Å². The Bertz CT molecular complexity index is 439. The lowest BCUT2D eigenvalue weighted by atomic mass is 10.1. The minimum absolute atomic E-state index is 0.0561. The van der Waals surface area contributed by atoms with Gasteiger partial charge in [-0.1, -0.05) is 45.0 Å². The number of amides is 1. The van der Waals surface area contributed by atoms with Crippen LogP contribution in [0.4, 0.5) is 0 Å². The Kier molecular flexibility index (Phi) is 5.18. The predicted octanol–water partition coefficient (Wildman–Crippen LogP) is 3.12. The van der Waals surface area contributed by atoms with Crippen LogP contribution in [0.1, 0.15) is 50.9 Å². The molecule has 1 aromatic rings. The van der Waals surface area contributed by atoms with E-state index in [1.165, 1.54) is 17.5 Å². The average Bonchev–Trinajstić information content (AvgIpc) is 2.80. The van der Waals surface area contributed by atoms with Crippen LogP contribution in [0.5, 0.6) is 0 Å². The molecule has 2 rings (SSSR count). The van der Waals surface area contributed by atoms with Crippen LogP contribution >= 0.6 is 0 Å². The number of nitrogens with one attached hydrogen (secondary N) is 1. The van der Waals surface area contributed by atoms with E-state index in [1.807, 2.05) is 4.90 Å². The molecule has 1 saturated heterocycles. The number of hydrogen-bond acceptors (Lipinski definition) is 2. The highest BCUT2D eigenvalue weighted by Crippen LogP contribution is 2.23. The van der Waals surface area contributed by atoms with Crippen molar-refractivity contribution in [1.29, 1.82) is 0 Å². The van der Waals surface area contributed by atoms with Gasteiger partial charge in [0.1, 0.15) is 6.17 Å². The zero-order chi connectivity index (χ0) is 14.5. The number of carbonyl (C=O) groups is 1. The highest BCUT2D eigenvalue weighted by molar-refractivity contribution is 5.80. The van der Waals surface area contributed by atoms with Gasteiger partial charge in [-0.05, 0) is 36.3 Å². The van der Waals surface area contributed by atoms with Crippen molar-refractivity contribution in [3.05, 3.63) is 35.4 Å². The molecular weight excluding hydrogens is 248 g/mol. The maximum absolute atomic E-state index is 12.0. The normalized spacial score (nSPS) is 19.1. The molecule has 20 heavy (non-hydrogen) atoms. The molecule has 1 aromatic carbocycles. The summed E-state index contributed by atoms with van der Waals surface area (Å²) in [5.41, 5.74) is 2.53. The molecule has 1 N–H and O–H groups in total. The summed E-state index contributed by atoms with van der Waals surface area (Å²) >= 11 is 0. The van der Waals surface area contributed by atoms with E-state index < -0.39 is 0 Å². The Hall–Kier alpha value is -1.35. The fourth-order valence-corrected chi connectivity index (χ4v) is 2.70. The van der Waals surface area contributed by atoms with Gasteiger partial charge in [-0.15, -0.1) is 0 Å². The molecule has 0 radical (unpaired) electrons. The Morgan fingerprint density at radius 3 is 2.60 bits per heavy atom. The van der Waals surface area contributed by atoms with E-state index in [0.717, 1.165) is 19.4 Å². The van der Waals surface area contributed by atoms with E-state index >= 15 is 0 Å². The molecule has 1 aliphatic rings. The van der Waals surface area contributed by atoms with Crippen LogP contribution in [0.25, 0.3) is 0 Å². The van der Waals surface area contributed by atoms with Gasteiger partial charge in [-0.2, -0.15) is 0 Å². The minimum Gasteiger partial charge on any atom is -0.322 e. The van der Waals surface area contributed by atoms with Crippen molar-refractivity contribution >= 4 is 5.91 Å². The second-order valence-electron chi connectivity index (χ2n) is 6.00. The van der Waals surface area contributed by atoms with Crippen LogP contribution in [0, 0.1) is 5.92 Å². The highest BCUT2D eigenvalue weighted by Gasteiger charge is 2.30. The van der Waals surface area contributed by atoms with Crippen molar-refractivity contribution in [2.24, 2.45) is 5.92 Å². The Balaban J connectivity index is 2.02. The second kappa shape index (κ2) is 6.89. The topological polar surface area (TPSA) is 32.3 Å². The van der Waals surface area contributed by atoms with Gasteiger partial charge in [0.05, 0.1) is 6.54 Å². The fraction of sp³-hybridized carbons (Fsp3) is 0.588. The summed E-state index contributed by atoms with van der Waals surface area (Å²) in [6.07, 6.45) is 3.36. The van der Waals surface area contributed by atoms with Gasteiger partial charge >= 0.3 is 0 Å². The molecule has 1 atom stereocenters. The van der Waals surface area contributed by atoms with E-state index in [0.29, 0.717) is 12.5 Å². The van der Waals surface area contributed by atoms with Crippen molar-refractivity contribution in [3.63, 3.8) is 0 Å². The van der Waals surface area contributed by atoms with E-state index in [1.54, 1.807) is 0 Å². The fourth-order valence-electron chi connectivity index (χ4n) is 2.70. The van der Waals surface area contributed by atoms with Gasteiger partial charge in [-0.25, -0.2) is 0 Å². The molecule has 0 spiro atoms. The second-order valence-corrected chi connectivity index (χ2v) is 6.00. The van der Waals surface area contributed by atoms with Crippen LogP contribution in [0.2, 0.25) is 0 Å². The lowest BCUT2D eigenvalue weighted by Crippen LogP contribution is -2.31. The SMILES string of the molecule is CCc1ccc(C2NCC(=O)N2CCCC(C)C)cc1. The molecule has 0 saturated carbocycles. The van der Waals surface area contributed by atoms with Crippen LogP contribution in [-0.4, -0.2) is 23.9 Å². The number of rotatable bonds is 6. The van der Waals surface area contributed by atoms with Gasteiger partial charge in [0, 0.05) is 6.54 Å². The summed E-state index contributed by atoms with van der Waals surface area (Å²) in [6.45, 7) is 7.92. The van der Waals surface area contributed by atoms with Crippen molar-refractivity contribution in [2.45, 2.75) is 46.2 Å². The molecule has 0 bridgehead atoms. The van der Waals surface area contributed by atoms with Crippen LogP contribution in [0.3, 0.4) is 0 Å². The Morgan fingerprint density at radius 2 is 2.00 bits per heavy atom. The molecule has 1 unspecified atom stereocenters. The first-order chi connectivity index (χ1) is 9.61. The highest BCUT2D eigenvalue weighted by atomic mass is 16.2. The van der Waals surface area contributed by atoms with Crippen molar-refractivity contribution in [1.82, 2.24) is 10.2 Å². The lowest BCUT2D eigenvalue weighted by molar-refractivity contribution is -0.128. The molecule has 110 valence electrons. The first kappa shape index (κ1) is 15.0. The zero-order valence-corrected chi connectivity index (χ0v) is 12.9. The van der Waals surface area contributed by atoms with E-state index in [2.05, 4.69) is 50.4 Å². The van der Waals surface area contributed by atoms with Gasteiger partial charge in [0.2, 0.25) is 5.91 Å². The van der Waals surface area contributed by atoms with E-state index in [9.17, 15) is 4.79 Å². The Morgan fingerprint density at radius 1 is 1.30 bits per heavy atom. The standard InChI is InChI=1S/C17H26N2O/c1-4-14-7-9-15(10-8-14)17-18-12-16(20)19(17)11-5-6-13(2)3/h7-10,13,17-18H,4-6,11-12H2,1-3H3. The molecule has 3 heteroatoms. The van der Waals surface area contributed by atoms with Gasteiger partial charge in [0.15, 0.2) is 0 Å².